The first-order valence-electron chi connectivity index (χ1n) is 47.8. The first-order valence-corrected chi connectivity index (χ1v) is 47.8. The Bertz CT molecular complexity index is 4400. The largest absolute Gasteiger partial charge is 0.369 e. The average molecular weight is 1820 g/mol. The maximum Gasteiger partial charge on any atom is 0.243 e. The summed E-state index contributed by atoms with van der Waals surface area (Å²) in [5.74, 6) is -13.1. The molecule has 24 N–H and O–H groups in total. The summed E-state index contributed by atoms with van der Waals surface area (Å²) in [5, 5.41) is 54.9. The van der Waals surface area contributed by atoms with Gasteiger partial charge in [0.05, 0.1) is 65.5 Å². The molecule has 8 aliphatic rings. The Labute approximate surface area is 768 Å². The van der Waals surface area contributed by atoms with Gasteiger partial charge in [0.15, 0.2) is 0 Å². The number of amides is 15. The van der Waals surface area contributed by atoms with E-state index in [0.717, 1.165) is 16.7 Å². The Balaban J connectivity index is 0.685. The van der Waals surface area contributed by atoms with Crippen molar-refractivity contribution in [1.82, 2.24) is 95.7 Å². The smallest absolute Gasteiger partial charge is 0.243 e. The van der Waals surface area contributed by atoms with E-state index in [0.29, 0.717) is 129 Å². The summed E-state index contributed by atoms with van der Waals surface area (Å²) < 4.78 is 0. The number of benzene rings is 3. The summed E-state index contributed by atoms with van der Waals surface area (Å²) in [6.45, 7) is 14.1. The van der Waals surface area contributed by atoms with E-state index in [1.165, 1.54) is 0 Å². The summed E-state index contributed by atoms with van der Waals surface area (Å²) in [7, 11) is 0. The summed E-state index contributed by atoms with van der Waals surface area (Å²) >= 11 is 0. The third-order valence-corrected chi connectivity index (χ3v) is 27.3. The number of carbonyl (C=O) groups excluding carboxylic acids is 15. The number of hydrogen-bond donors (Lipinski definition) is 21. The number of hydrogen-bond acceptors (Lipinski definition) is 21. The van der Waals surface area contributed by atoms with Gasteiger partial charge in [-0.3, -0.25) is 71.9 Å². The lowest BCUT2D eigenvalue weighted by molar-refractivity contribution is -0.135. The quantitative estimate of drug-likeness (QED) is 0.0291. The molecule has 23 atom stereocenters. The van der Waals surface area contributed by atoms with Gasteiger partial charge in [-0.25, -0.2) is 0 Å². The lowest BCUT2D eigenvalue weighted by atomic mass is 9.96. The van der Waals surface area contributed by atoms with Crippen LogP contribution in [0.15, 0.2) is 91.0 Å². The van der Waals surface area contributed by atoms with Crippen LogP contribution >= 0.6 is 0 Å². The molecule has 131 heavy (non-hydrogen) atoms. The van der Waals surface area contributed by atoms with Crippen LogP contribution in [-0.2, 0) is 91.2 Å². The lowest BCUT2D eigenvalue weighted by Gasteiger charge is -2.29. The van der Waals surface area contributed by atoms with Crippen molar-refractivity contribution < 1.29 is 71.9 Å². The maximum absolute atomic E-state index is 14.9. The van der Waals surface area contributed by atoms with Gasteiger partial charge >= 0.3 is 0 Å². The molecule has 0 bridgehead atoms. The van der Waals surface area contributed by atoms with Gasteiger partial charge in [0.1, 0.15) is 42.3 Å². The van der Waals surface area contributed by atoms with E-state index in [1.807, 2.05) is 133 Å². The Hall–Kier alpha value is -10.5. The van der Waals surface area contributed by atoms with Crippen molar-refractivity contribution in [2.75, 3.05) is 58.9 Å². The molecule has 0 radical (unpaired) electrons. The van der Waals surface area contributed by atoms with Gasteiger partial charge < -0.3 is 113 Å². The van der Waals surface area contributed by atoms with E-state index in [4.69, 9.17) is 17.2 Å². The number of unbranched alkanes of at least 4 members (excludes halogenated alkanes) is 1. The fraction of sp³-hybridized carbons (Fsp3) is 0.653. The molecule has 15 amide bonds. The molecule has 4 saturated carbocycles. The molecule has 4 saturated heterocycles. The molecule has 0 unspecified atom stereocenters. The standard InChI is InChI=1S/C95H143N21O15/c1-52(2)38-72(110-87(123)64-46-101-50-79(64)115-92(128)74(40-54(5)6)109-84(120)60-30-20-36-70(60)106-93(129)75(41-55-22-10-7-11-23-55)112-86(122)62-44-99-48-66(62)97)90(126)104-69-35-21-31-61(69)85(121)111-77(43-57-26-14-9-15-27-57)95(131)116-80-51-102-47-65(80)88(124)113-76(42-56-24-12-8-13-25-56)94(130)105-68-34-18-28-58(68)82(118)107-71(32-16-17-37-96)89(125)103-67-33-19-29-59(67)83(119)108-73(39-53(3)4)91(127)114-78-49-100-45-63(78)81(98)117/h7-15,22-27,52-54,58-80,99-102H,16-21,28-51,96-97H2,1-6H3,(H2,98,117)(H,103,125)(H,104,126)(H,105,130)(H,106,129)(H,107,118)(H,108,119)(H,109,120)(H,110,123)(H,111,121)(H,112,122)(H,113,124)(H,114,127)(H,115,128)(H,116,131)/t58-,59-,60-,61-,62-,63-,64-,65-,66-,67-,68-,69-,70-,71-,72-,73-,74-,75-,76-,77-,78-,79-,80-/m0/s1. The van der Waals surface area contributed by atoms with Crippen LogP contribution in [0.2, 0.25) is 0 Å². The fourth-order valence-corrected chi connectivity index (χ4v) is 20.1. The number of rotatable bonds is 45. The molecule has 718 valence electrons. The highest BCUT2D eigenvalue weighted by atomic mass is 16.2. The summed E-state index contributed by atoms with van der Waals surface area (Å²) in [4.78, 5) is 215. The van der Waals surface area contributed by atoms with E-state index in [9.17, 15) is 71.9 Å². The van der Waals surface area contributed by atoms with E-state index in [1.54, 1.807) is 0 Å². The summed E-state index contributed by atoms with van der Waals surface area (Å²) in [6.07, 6.45) is 8.21. The van der Waals surface area contributed by atoms with Crippen LogP contribution in [-0.4, -0.2) is 238 Å². The van der Waals surface area contributed by atoms with Crippen LogP contribution in [0.25, 0.3) is 0 Å². The molecular weight excluding hydrogens is 1680 g/mol. The molecule has 0 aromatic heterocycles. The molecule has 3 aromatic carbocycles. The van der Waals surface area contributed by atoms with Gasteiger partial charge in [-0.2, -0.15) is 0 Å². The Kier molecular flexibility index (Phi) is 38.0. The molecule has 4 heterocycles. The molecule has 8 fully saturated rings. The molecule has 3 aromatic rings. The molecule has 0 spiro atoms. The van der Waals surface area contributed by atoms with Crippen molar-refractivity contribution >= 4 is 88.6 Å². The molecule has 11 rings (SSSR count). The van der Waals surface area contributed by atoms with Crippen LogP contribution in [0.4, 0.5) is 0 Å². The SMILES string of the molecule is CC(C)C[C@H](NC(=O)[C@H]1CCC[C@@H]1NC(=O)[C@H](CCCCN)NC(=O)[C@H]1CCC[C@@H]1NC(=O)[C@H](Cc1ccccc1)NC(=O)[C@H]1CNC[C@@H]1NC(=O)[C@H](Cc1ccccc1)NC(=O)[C@H]1CCC[C@@H]1NC(=O)[C@H](CC(C)C)NC(=O)[C@H]1CNC[C@@H]1NC(=O)[C@H](CC(C)C)NC(=O)[C@H]1CCC[C@@H]1NC(=O)[C@H](Cc1ccccc1)NC(=O)[C@H]1CNC[C@@H]1N)C(=O)N[C@H]1CNC[C@@H]1C(N)=O. The normalized spacial score (nSPS) is 26.7. The van der Waals surface area contributed by atoms with Crippen LogP contribution in [0.5, 0.6) is 0 Å². The highest BCUT2D eigenvalue weighted by molar-refractivity contribution is 5.97. The van der Waals surface area contributed by atoms with E-state index < -0.39 is 221 Å². The predicted octanol–water partition coefficient (Wildman–Crippen LogP) is -1.34. The molecule has 4 aliphatic carbocycles. The van der Waals surface area contributed by atoms with Crippen molar-refractivity contribution in [2.45, 2.75) is 267 Å². The second-order valence-corrected chi connectivity index (χ2v) is 38.8. The Morgan fingerprint density at radius 1 is 0.298 bits per heavy atom. The van der Waals surface area contributed by atoms with Gasteiger partial charge in [0, 0.05) is 102 Å². The predicted molar refractivity (Wildman–Crippen MR) is 491 cm³/mol. The topological polar surface area (TPSA) is 551 Å². The van der Waals surface area contributed by atoms with Crippen LogP contribution in [0, 0.1) is 65.1 Å². The Morgan fingerprint density at radius 3 is 0.847 bits per heavy atom. The molecule has 36 nitrogen and oxygen atoms in total. The first kappa shape index (κ1) is 101. The van der Waals surface area contributed by atoms with E-state index >= 15 is 0 Å². The zero-order valence-corrected chi connectivity index (χ0v) is 76.7. The molecular formula is C95H143N21O15. The molecule has 4 aliphatic heterocycles. The minimum atomic E-state index is -1.17. The number of nitrogens with one attached hydrogen (secondary N) is 18. The minimum absolute atomic E-state index is 0.0136. The first-order chi connectivity index (χ1) is 62.9. The van der Waals surface area contributed by atoms with E-state index in [2.05, 4.69) is 95.7 Å². The van der Waals surface area contributed by atoms with Crippen LogP contribution in [0.3, 0.4) is 0 Å². The van der Waals surface area contributed by atoms with Gasteiger partial charge in [0.2, 0.25) is 88.6 Å². The second kappa shape index (κ2) is 49.3. The van der Waals surface area contributed by atoms with Crippen molar-refractivity contribution in [1.29, 1.82) is 0 Å². The van der Waals surface area contributed by atoms with Gasteiger partial charge in [-0.05, 0) is 131 Å². The van der Waals surface area contributed by atoms with Crippen molar-refractivity contribution in [2.24, 2.45) is 82.3 Å². The van der Waals surface area contributed by atoms with Crippen LogP contribution in [0.1, 0.15) is 174 Å². The zero-order valence-electron chi connectivity index (χ0n) is 76.7. The minimum Gasteiger partial charge on any atom is -0.369 e. The van der Waals surface area contributed by atoms with Gasteiger partial charge in [-0.1, -0.05) is 158 Å². The zero-order chi connectivity index (χ0) is 94.0. The van der Waals surface area contributed by atoms with E-state index in [-0.39, 0.29) is 88.4 Å². The van der Waals surface area contributed by atoms with Gasteiger partial charge in [0.25, 0.3) is 0 Å². The van der Waals surface area contributed by atoms with Crippen LogP contribution < -0.4 is 113 Å². The highest BCUT2D eigenvalue weighted by Gasteiger charge is 2.47. The second-order valence-electron chi connectivity index (χ2n) is 38.8. The van der Waals surface area contributed by atoms with Crippen molar-refractivity contribution in [3.05, 3.63) is 108 Å². The fourth-order valence-electron chi connectivity index (χ4n) is 20.1. The van der Waals surface area contributed by atoms with Crippen molar-refractivity contribution in [3.8, 4) is 0 Å². The van der Waals surface area contributed by atoms with Crippen molar-refractivity contribution in [3.63, 3.8) is 0 Å². The van der Waals surface area contributed by atoms with Gasteiger partial charge in [-0.15, -0.1) is 0 Å². The monoisotopic (exact) mass is 1820 g/mol. The third-order valence-electron chi connectivity index (χ3n) is 27.3. The number of nitrogens with two attached hydrogens (primary N) is 3. The summed E-state index contributed by atoms with van der Waals surface area (Å²) in [5.41, 5.74) is 20.1. The average Bonchev–Trinajstić information content (AvgIpc) is 1.73. The number of primary amides is 1. The maximum atomic E-state index is 14.9. The third kappa shape index (κ3) is 29.0. The lowest BCUT2D eigenvalue weighted by Crippen LogP contribution is -2.58. The number of carbonyl (C=O) groups is 15. The highest BCUT2D eigenvalue weighted by Crippen LogP contribution is 2.32. The molecule has 36 heteroatoms. The Morgan fingerprint density at radius 2 is 0.550 bits per heavy atom. The summed E-state index contributed by atoms with van der Waals surface area (Å²) in [6, 6.07) is 15.1.